The number of carbonyl (C=O) groups excluding carboxylic acids is 1. The first-order valence-electron chi connectivity index (χ1n) is 16.0. The molecule has 4 saturated carbocycles. The smallest absolute Gasteiger partial charge is 0.157 e. The second kappa shape index (κ2) is 11.0. The zero-order valence-corrected chi connectivity index (χ0v) is 24.2. The van der Waals surface area contributed by atoms with Crippen LogP contribution in [0.3, 0.4) is 0 Å². The summed E-state index contributed by atoms with van der Waals surface area (Å²) in [5, 5.41) is 0. The second-order valence-electron chi connectivity index (χ2n) is 14.8. The largest absolute Gasteiger partial charge is 0.350 e. The van der Waals surface area contributed by atoms with Gasteiger partial charge in [-0.1, -0.05) is 53.9 Å². The Morgan fingerprint density at radius 2 is 1.64 bits per heavy atom. The van der Waals surface area contributed by atoms with Crippen molar-refractivity contribution < 1.29 is 14.3 Å². The maximum Gasteiger partial charge on any atom is 0.157 e. The molecule has 3 heteroatoms. The Bertz CT molecular complexity index is 756. The lowest BCUT2D eigenvalue weighted by Gasteiger charge is -2.63. The molecule has 0 aromatic rings. The highest BCUT2D eigenvalue weighted by atomic mass is 16.7. The van der Waals surface area contributed by atoms with Crippen molar-refractivity contribution in [3.05, 3.63) is 0 Å². The third-order valence-corrected chi connectivity index (χ3v) is 12.7. The van der Waals surface area contributed by atoms with E-state index in [1.54, 1.807) is 0 Å². The summed E-state index contributed by atoms with van der Waals surface area (Å²) in [6, 6.07) is 0. The van der Waals surface area contributed by atoms with E-state index in [4.69, 9.17) is 9.47 Å². The van der Waals surface area contributed by atoms with Crippen LogP contribution in [0.1, 0.15) is 125 Å². The Hall–Kier alpha value is -0.410. The van der Waals surface area contributed by atoms with Crippen molar-refractivity contribution in [1.29, 1.82) is 0 Å². The monoisotopic (exact) mass is 500 g/mol. The summed E-state index contributed by atoms with van der Waals surface area (Å²) >= 11 is 0. The van der Waals surface area contributed by atoms with E-state index in [1.165, 1.54) is 64.2 Å². The molecule has 36 heavy (non-hydrogen) atoms. The average Bonchev–Trinajstić information content (AvgIpc) is 3.47. The Morgan fingerprint density at radius 1 is 0.861 bits per heavy atom. The minimum absolute atomic E-state index is 0.000313. The quantitative estimate of drug-likeness (QED) is 0.318. The van der Waals surface area contributed by atoms with Crippen molar-refractivity contribution in [2.45, 2.75) is 131 Å². The van der Waals surface area contributed by atoms with E-state index < -0.39 is 0 Å². The predicted octanol–water partition coefficient (Wildman–Crippen LogP) is 8.45. The molecule has 0 radical (unpaired) electrons. The van der Waals surface area contributed by atoms with E-state index in [0.29, 0.717) is 28.4 Å². The van der Waals surface area contributed by atoms with Crippen molar-refractivity contribution in [3.63, 3.8) is 0 Å². The van der Waals surface area contributed by atoms with Gasteiger partial charge < -0.3 is 9.47 Å². The van der Waals surface area contributed by atoms with Crippen LogP contribution in [0.15, 0.2) is 0 Å². The Labute approximate surface area is 222 Å². The fourth-order valence-electron chi connectivity index (χ4n) is 10.8. The molecule has 1 saturated heterocycles. The maximum atomic E-state index is 12.9. The number of hydrogen-bond donors (Lipinski definition) is 0. The topological polar surface area (TPSA) is 35.5 Å². The molecule has 0 bridgehead atoms. The molecule has 5 aliphatic rings. The standard InChI is InChI=1S/C33H56O3/c1-22(2)8-6-9-23(3)28-14-15-29-27-13-12-25-21-26(34)20-24(10-7-11-31-35-18-19-36-31)33(25,5)30(27)16-17-32(28,29)4/h22-25,27-31H,6-21H2,1-5H3/t23-,24+,25+,27+,28-,29+,30+,32-,33+/m1/s1. The summed E-state index contributed by atoms with van der Waals surface area (Å²) in [6.07, 6.45) is 17.7. The fraction of sp³-hybridized carbons (Fsp3) is 0.970. The van der Waals surface area contributed by atoms with Crippen LogP contribution in [0.25, 0.3) is 0 Å². The minimum Gasteiger partial charge on any atom is -0.350 e. The first-order chi connectivity index (χ1) is 17.2. The summed E-state index contributed by atoms with van der Waals surface area (Å²) in [5.74, 6) is 7.03. The van der Waals surface area contributed by atoms with E-state index in [0.717, 1.165) is 74.4 Å². The molecule has 4 aliphatic carbocycles. The zero-order valence-electron chi connectivity index (χ0n) is 24.2. The lowest BCUT2D eigenvalue weighted by molar-refractivity contribution is -0.156. The number of Topliss-reactive ketones (excluding diaryl/α,β-unsaturated/α-hetero) is 1. The highest BCUT2D eigenvalue weighted by molar-refractivity contribution is 5.80. The average molecular weight is 501 g/mol. The molecule has 0 N–H and O–H groups in total. The molecule has 9 atom stereocenters. The molecule has 0 spiro atoms. The summed E-state index contributed by atoms with van der Waals surface area (Å²) < 4.78 is 11.4. The molecule has 3 nitrogen and oxygen atoms in total. The lowest BCUT2D eigenvalue weighted by atomic mass is 9.42. The summed E-state index contributed by atoms with van der Waals surface area (Å²) in [5.41, 5.74) is 0.912. The van der Waals surface area contributed by atoms with Gasteiger partial charge in [-0.2, -0.15) is 0 Å². The van der Waals surface area contributed by atoms with E-state index in [-0.39, 0.29) is 6.29 Å². The van der Waals surface area contributed by atoms with Crippen molar-refractivity contribution >= 4 is 5.78 Å². The number of ether oxygens (including phenoxy) is 2. The molecule has 0 aromatic carbocycles. The molecule has 206 valence electrons. The van der Waals surface area contributed by atoms with Gasteiger partial charge in [-0.25, -0.2) is 0 Å². The minimum atomic E-state index is 0.000313. The van der Waals surface area contributed by atoms with Crippen molar-refractivity contribution in [3.8, 4) is 0 Å². The third-order valence-electron chi connectivity index (χ3n) is 12.7. The molecule has 5 fully saturated rings. The van der Waals surface area contributed by atoms with Gasteiger partial charge in [0.15, 0.2) is 6.29 Å². The van der Waals surface area contributed by atoms with Crippen LogP contribution >= 0.6 is 0 Å². The Kier molecular flexibility index (Phi) is 8.29. The van der Waals surface area contributed by atoms with Crippen LogP contribution in [-0.2, 0) is 14.3 Å². The SMILES string of the molecule is CC(C)CCC[C@@H](C)[C@H]1CC[C@H]2[C@@H]3CC[C@H]4CC(=O)C[C@H](CCCC5OCCO5)[C@]4(C)[C@H]3CC[C@]12C. The van der Waals surface area contributed by atoms with Crippen LogP contribution in [0.4, 0.5) is 0 Å². The molecule has 5 rings (SSSR count). The van der Waals surface area contributed by atoms with E-state index >= 15 is 0 Å². The van der Waals surface area contributed by atoms with Crippen LogP contribution in [0.2, 0.25) is 0 Å². The van der Waals surface area contributed by atoms with Gasteiger partial charge in [-0.05, 0) is 116 Å². The Morgan fingerprint density at radius 3 is 2.39 bits per heavy atom. The summed E-state index contributed by atoms with van der Waals surface area (Å²) in [6.45, 7) is 14.2. The van der Waals surface area contributed by atoms with Gasteiger partial charge in [0, 0.05) is 12.8 Å². The molecule has 0 amide bonds. The fourth-order valence-corrected chi connectivity index (χ4v) is 10.8. The number of rotatable bonds is 9. The second-order valence-corrected chi connectivity index (χ2v) is 14.8. The van der Waals surface area contributed by atoms with Gasteiger partial charge in [0.1, 0.15) is 5.78 Å². The normalized spacial score (nSPS) is 43.9. The molecule has 1 heterocycles. The number of ketones is 1. The van der Waals surface area contributed by atoms with Gasteiger partial charge in [0.25, 0.3) is 0 Å². The van der Waals surface area contributed by atoms with Gasteiger partial charge >= 0.3 is 0 Å². The number of hydrogen-bond acceptors (Lipinski definition) is 3. The number of fused-ring (bicyclic) bond motifs is 5. The lowest BCUT2D eigenvalue weighted by Crippen LogP contribution is -2.57. The molecular formula is C33H56O3. The van der Waals surface area contributed by atoms with Crippen LogP contribution < -0.4 is 0 Å². The van der Waals surface area contributed by atoms with Gasteiger partial charge in [-0.3, -0.25) is 4.79 Å². The van der Waals surface area contributed by atoms with Crippen molar-refractivity contribution in [1.82, 2.24) is 0 Å². The van der Waals surface area contributed by atoms with Gasteiger partial charge in [0.05, 0.1) is 13.2 Å². The van der Waals surface area contributed by atoms with E-state index in [2.05, 4.69) is 34.6 Å². The molecule has 0 aromatic heterocycles. The van der Waals surface area contributed by atoms with E-state index in [1.807, 2.05) is 0 Å². The van der Waals surface area contributed by atoms with Crippen LogP contribution in [-0.4, -0.2) is 25.3 Å². The Balaban J connectivity index is 1.28. The van der Waals surface area contributed by atoms with Crippen molar-refractivity contribution in [2.75, 3.05) is 13.2 Å². The highest BCUT2D eigenvalue weighted by Gasteiger charge is 2.62. The van der Waals surface area contributed by atoms with Crippen molar-refractivity contribution in [2.24, 2.45) is 58.2 Å². The molecular weight excluding hydrogens is 444 g/mol. The first-order valence-corrected chi connectivity index (χ1v) is 16.0. The highest BCUT2D eigenvalue weighted by Crippen LogP contribution is 2.69. The molecule has 0 unspecified atom stereocenters. The van der Waals surface area contributed by atoms with Gasteiger partial charge in [-0.15, -0.1) is 0 Å². The van der Waals surface area contributed by atoms with E-state index in [9.17, 15) is 4.79 Å². The maximum absolute atomic E-state index is 12.9. The van der Waals surface area contributed by atoms with Crippen LogP contribution in [0, 0.1) is 58.2 Å². The predicted molar refractivity (Wildman–Crippen MR) is 146 cm³/mol. The third kappa shape index (κ3) is 4.99. The van der Waals surface area contributed by atoms with Crippen LogP contribution in [0.5, 0.6) is 0 Å². The zero-order chi connectivity index (χ0) is 25.5. The van der Waals surface area contributed by atoms with Gasteiger partial charge in [0.2, 0.25) is 0 Å². The summed E-state index contributed by atoms with van der Waals surface area (Å²) in [7, 11) is 0. The summed E-state index contributed by atoms with van der Waals surface area (Å²) in [4.78, 5) is 12.9. The molecule has 1 aliphatic heterocycles. The number of carbonyl (C=O) groups is 1. The first kappa shape index (κ1) is 27.2.